The Morgan fingerprint density at radius 3 is 1.66 bits per heavy atom. The van der Waals surface area contributed by atoms with Crippen LogP contribution in [0.1, 0.15) is 110 Å². The van der Waals surface area contributed by atoms with Crippen LogP contribution < -0.4 is 0 Å². The summed E-state index contributed by atoms with van der Waals surface area (Å²) in [5.74, 6) is -3.30. The number of rotatable bonds is 9. The quantitative estimate of drug-likeness (QED) is 0.322. The van der Waals surface area contributed by atoms with Gasteiger partial charge < -0.3 is 14.2 Å². The summed E-state index contributed by atoms with van der Waals surface area (Å²) >= 11 is 0. The van der Waals surface area contributed by atoms with Crippen molar-refractivity contribution in [3.63, 3.8) is 0 Å². The lowest BCUT2D eigenvalue weighted by Crippen LogP contribution is -2.28. The van der Waals surface area contributed by atoms with E-state index in [0.29, 0.717) is 13.0 Å². The van der Waals surface area contributed by atoms with Crippen LogP contribution in [-0.2, 0) is 23.8 Å². The average Bonchev–Trinajstić information content (AvgIpc) is 3.12. The molecular formula is C25H54F2O5. The number of carbonyl (C=O) groups is 2. The van der Waals surface area contributed by atoms with E-state index in [4.69, 9.17) is 14.2 Å². The van der Waals surface area contributed by atoms with Crippen LogP contribution in [0.3, 0.4) is 0 Å². The van der Waals surface area contributed by atoms with Gasteiger partial charge in [-0.15, -0.1) is 0 Å². The molecule has 32 heavy (non-hydrogen) atoms. The highest BCUT2D eigenvalue weighted by molar-refractivity contribution is 5.76. The van der Waals surface area contributed by atoms with Gasteiger partial charge in [0.15, 0.2) is 0 Å². The highest BCUT2D eigenvalue weighted by atomic mass is 19.3. The fourth-order valence-corrected chi connectivity index (χ4v) is 1.95. The van der Waals surface area contributed by atoms with Gasteiger partial charge in [-0.1, -0.05) is 43.6 Å². The fraction of sp³-hybridized carbons (Fsp3) is 0.920. The Labute approximate surface area is 198 Å². The molecule has 0 aromatic carbocycles. The molecule has 7 heteroatoms. The van der Waals surface area contributed by atoms with Gasteiger partial charge in [0.05, 0.1) is 23.5 Å². The molecule has 0 bridgehead atoms. The molecule has 0 aromatic rings. The summed E-state index contributed by atoms with van der Waals surface area (Å²) in [7, 11) is 0. The van der Waals surface area contributed by atoms with E-state index in [1.54, 1.807) is 13.8 Å². The molecule has 1 heterocycles. The summed E-state index contributed by atoms with van der Waals surface area (Å²) in [6.45, 7) is 13.0. The zero-order chi connectivity index (χ0) is 22.0. The van der Waals surface area contributed by atoms with Crippen LogP contribution in [0.4, 0.5) is 8.78 Å². The molecule has 0 radical (unpaired) electrons. The number of ether oxygens (including phenoxy) is 3. The Morgan fingerprint density at radius 2 is 1.31 bits per heavy atom. The van der Waals surface area contributed by atoms with Gasteiger partial charge in [-0.3, -0.25) is 9.59 Å². The lowest BCUT2D eigenvalue weighted by molar-refractivity contribution is -0.157. The van der Waals surface area contributed by atoms with Crippen molar-refractivity contribution in [3.05, 3.63) is 0 Å². The molecule has 0 aliphatic carbocycles. The Hall–Kier alpha value is -1.24. The molecule has 0 saturated carbocycles. The van der Waals surface area contributed by atoms with Crippen molar-refractivity contribution in [1.82, 2.24) is 0 Å². The van der Waals surface area contributed by atoms with E-state index >= 15 is 0 Å². The third kappa shape index (κ3) is 17.3. The van der Waals surface area contributed by atoms with Crippen molar-refractivity contribution in [3.8, 4) is 0 Å². The average molecular weight is 473 g/mol. The molecule has 1 rings (SSSR count). The summed E-state index contributed by atoms with van der Waals surface area (Å²) in [4.78, 5) is 22.9. The first-order valence-corrected chi connectivity index (χ1v) is 10.1. The predicted molar refractivity (Wildman–Crippen MR) is 131 cm³/mol. The summed E-state index contributed by atoms with van der Waals surface area (Å²) < 4.78 is 40.1. The minimum Gasteiger partial charge on any atom is -0.465 e. The summed E-state index contributed by atoms with van der Waals surface area (Å²) in [6, 6.07) is 0. The zero-order valence-electron chi connectivity index (χ0n) is 18.5. The molecule has 0 N–H and O–H groups in total. The molecule has 5 nitrogen and oxygen atoms in total. The number of hydrogen-bond donors (Lipinski definition) is 0. The van der Waals surface area contributed by atoms with Crippen LogP contribution in [0, 0.1) is 10.8 Å². The van der Waals surface area contributed by atoms with E-state index in [9.17, 15) is 18.4 Å². The van der Waals surface area contributed by atoms with Gasteiger partial charge in [-0.2, -0.15) is 0 Å². The normalized spacial score (nSPS) is 15.3. The Kier molecular flexibility index (Phi) is 23.4. The van der Waals surface area contributed by atoms with Crippen LogP contribution >= 0.6 is 0 Å². The number of esters is 2. The predicted octanol–water partition coefficient (Wildman–Crippen LogP) is 7.70. The van der Waals surface area contributed by atoms with Gasteiger partial charge >= 0.3 is 11.9 Å². The highest BCUT2D eigenvalue weighted by Gasteiger charge is 2.29. The van der Waals surface area contributed by atoms with Crippen molar-refractivity contribution in [2.75, 3.05) is 19.8 Å². The summed E-state index contributed by atoms with van der Waals surface area (Å²) in [6.07, 6.45) is 3.25. The lowest BCUT2D eigenvalue weighted by Gasteiger charge is -2.21. The van der Waals surface area contributed by atoms with Crippen molar-refractivity contribution < 1.29 is 32.6 Å². The molecule has 1 fully saturated rings. The topological polar surface area (TPSA) is 61.8 Å². The minimum absolute atomic E-state index is 0. The van der Waals surface area contributed by atoms with Gasteiger partial charge in [0.1, 0.15) is 6.61 Å². The SMILES string of the molecule is C.C.C.C.CCC(C)(C)C(=O)OCC1CCCO1.CCC(C)(C)C(=O)OCCC(C)(F)F. The second-order valence-corrected chi connectivity index (χ2v) is 8.66. The van der Waals surface area contributed by atoms with Crippen molar-refractivity contribution in [1.29, 1.82) is 0 Å². The minimum atomic E-state index is -2.77. The van der Waals surface area contributed by atoms with E-state index < -0.39 is 23.7 Å². The van der Waals surface area contributed by atoms with E-state index in [0.717, 1.165) is 32.8 Å². The van der Waals surface area contributed by atoms with E-state index in [1.807, 2.05) is 27.7 Å². The molecule has 1 atom stereocenters. The lowest BCUT2D eigenvalue weighted by atomic mass is 9.91. The molecule has 0 amide bonds. The first-order valence-electron chi connectivity index (χ1n) is 10.1. The number of halogens is 2. The van der Waals surface area contributed by atoms with E-state index in [-0.39, 0.29) is 53.8 Å². The molecule has 0 aromatic heterocycles. The molecule has 1 unspecified atom stereocenters. The summed E-state index contributed by atoms with van der Waals surface area (Å²) in [5, 5.41) is 0. The van der Waals surface area contributed by atoms with Crippen LogP contribution in [0.2, 0.25) is 0 Å². The van der Waals surface area contributed by atoms with Gasteiger partial charge in [0, 0.05) is 13.0 Å². The Balaban J connectivity index is -0.000000135. The van der Waals surface area contributed by atoms with Crippen molar-refractivity contribution in [2.45, 2.75) is 122 Å². The molecule has 198 valence electrons. The zero-order valence-corrected chi connectivity index (χ0v) is 18.5. The maximum absolute atomic E-state index is 12.4. The Bertz CT molecular complexity index is 479. The van der Waals surface area contributed by atoms with Gasteiger partial charge in [-0.25, -0.2) is 8.78 Å². The third-order valence-corrected chi connectivity index (χ3v) is 5.07. The van der Waals surface area contributed by atoms with Gasteiger partial charge in [0.25, 0.3) is 0 Å². The van der Waals surface area contributed by atoms with Gasteiger partial charge in [-0.05, 0) is 60.3 Å². The fourth-order valence-electron chi connectivity index (χ4n) is 1.95. The molecule has 1 saturated heterocycles. The maximum Gasteiger partial charge on any atom is 0.311 e. The van der Waals surface area contributed by atoms with Crippen molar-refractivity contribution in [2.24, 2.45) is 10.8 Å². The van der Waals surface area contributed by atoms with E-state index in [1.165, 1.54) is 0 Å². The standard InChI is InChI=1S/C11H20O3.C10H18F2O2.4CH4/c1-4-11(2,3)10(12)14-8-9-6-5-7-13-9;1-5-9(2,3)8(13)14-7-6-10(4,11)12;;;;/h9H,4-8H2,1-3H3;5-7H2,1-4H3;4*1H4. The summed E-state index contributed by atoms with van der Waals surface area (Å²) in [5.41, 5.74) is -0.943. The second kappa shape index (κ2) is 18.2. The van der Waals surface area contributed by atoms with Crippen LogP contribution in [-0.4, -0.2) is 43.8 Å². The molecular weight excluding hydrogens is 418 g/mol. The van der Waals surface area contributed by atoms with E-state index in [2.05, 4.69) is 0 Å². The number of carbonyl (C=O) groups excluding carboxylic acids is 2. The number of hydrogen-bond acceptors (Lipinski definition) is 5. The number of alkyl halides is 2. The second-order valence-electron chi connectivity index (χ2n) is 8.66. The molecule has 1 aliphatic rings. The highest BCUT2D eigenvalue weighted by Crippen LogP contribution is 2.23. The molecule has 1 aliphatic heterocycles. The molecule has 0 spiro atoms. The van der Waals surface area contributed by atoms with Crippen LogP contribution in [0.15, 0.2) is 0 Å². The van der Waals surface area contributed by atoms with Crippen molar-refractivity contribution >= 4 is 11.9 Å². The van der Waals surface area contributed by atoms with Gasteiger partial charge in [0.2, 0.25) is 5.92 Å². The first-order chi connectivity index (χ1) is 12.7. The van der Waals surface area contributed by atoms with Crippen LogP contribution in [0.5, 0.6) is 0 Å². The monoisotopic (exact) mass is 472 g/mol. The Morgan fingerprint density at radius 1 is 0.875 bits per heavy atom. The largest absolute Gasteiger partial charge is 0.465 e. The smallest absolute Gasteiger partial charge is 0.311 e. The third-order valence-electron chi connectivity index (χ3n) is 5.07. The maximum atomic E-state index is 12.4. The van der Waals surface area contributed by atoms with Crippen LogP contribution in [0.25, 0.3) is 0 Å². The first kappa shape index (κ1) is 41.1.